The standard InChI is InChI=1S/C46H63N7O5/c1-49-39(30-34-19-8-3-9-20-34)42(54)51-38(25-14-15-27-47)45(57)52-28-16-26-40(52)46(58)53(44(56)37(48)29-33-17-6-2-7-18-33)41(31-35-21-10-4-11-22-35)43(55)50-32-36-23-12-5-13-24-36/h3-5,8-13,19-24,33,37-41,49H,2,6-7,14-18,25-32,47-48H2,1H3,(H,50,55)(H,51,54)/t37-,38+,39+,40+,41+/m1/s1. The van der Waals surface area contributed by atoms with E-state index in [9.17, 15) is 19.2 Å². The zero-order valence-corrected chi connectivity index (χ0v) is 34.0. The monoisotopic (exact) mass is 793 g/mol. The second-order valence-corrected chi connectivity index (χ2v) is 15.9. The zero-order valence-electron chi connectivity index (χ0n) is 34.0. The number of imide groups is 1. The van der Waals surface area contributed by atoms with Gasteiger partial charge in [0, 0.05) is 19.5 Å². The number of nitrogens with one attached hydrogen (secondary N) is 3. The highest BCUT2D eigenvalue weighted by Crippen LogP contribution is 2.29. The van der Waals surface area contributed by atoms with E-state index in [4.69, 9.17) is 11.5 Å². The first-order valence-corrected chi connectivity index (χ1v) is 21.2. The largest absolute Gasteiger partial charge is 0.350 e. The molecule has 58 heavy (non-hydrogen) atoms. The second-order valence-electron chi connectivity index (χ2n) is 15.9. The Morgan fingerprint density at radius 1 is 0.741 bits per heavy atom. The lowest BCUT2D eigenvalue weighted by Crippen LogP contribution is -2.62. The molecule has 312 valence electrons. The van der Waals surface area contributed by atoms with Crippen molar-refractivity contribution in [1.29, 1.82) is 0 Å². The van der Waals surface area contributed by atoms with Crippen molar-refractivity contribution in [1.82, 2.24) is 25.8 Å². The van der Waals surface area contributed by atoms with E-state index in [1.807, 2.05) is 91.0 Å². The van der Waals surface area contributed by atoms with Crippen LogP contribution in [-0.2, 0) is 43.4 Å². The van der Waals surface area contributed by atoms with E-state index in [1.165, 1.54) is 4.90 Å². The van der Waals surface area contributed by atoms with Crippen LogP contribution in [0.3, 0.4) is 0 Å². The van der Waals surface area contributed by atoms with Gasteiger partial charge < -0.3 is 32.3 Å². The molecule has 5 amide bonds. The Hall–Kier alpha value is -4.91. The molecule has 2 aliphatic rings. The Labute approximate surface area is 343 Å². The summed E-state index contributed by atoms with van der Waals surface area (Å²) in [6.07, 6.45) is 8.48. The maximum Gasteiger partial charge on any atom is 0.252 e. The molecule has 5 rings (SSSR count). The van der Waals surface area contributed by atoms with E-state index in [0.29, 0.717) is 51.5 Å². The van der Waals surface area contributed by atoms with Gasteiger partial charge in [0.15, 0.2) is 0 Å². The fraction of sp³-hybridized carbons (Fsp3) is 0.500. The van der Waals surface area contributed by atoms with Crippen LogP contribution >= 0.6 is 0 Å². The molecular weight excluding hydrogens is 731 g/mol. The van der Waals surface area contributed by atoms with Crippen LogP contribution < -0.4 is 27.4 Å². The smallest absolute Gasteiger partial charge is 0.252 e. The molecule has 0 aromatic heterocycles. The molecule has 0 radical (unpaired) electrons. The molecule has 12 heteroatoms. The highest BCUT2D eigenvalue weighted by Gasteiger charge is 2.45. The predicted molar refractivity (Wildman–Crippen MR) is 226 cm³/mol. The number of carbonyl (C=O) groups is 5. The van der Waals surface area contributed by atoms with Crippen LogP contribution in [0.25, 0.3) is 0 Å². The van der Waals surface area contributed by atoms with E-state index < -0.39 is 53.8 Å². The topological polar surface area (TPSA) is 180 Å². The molecule has 1 aliphatic heterocycles. The Kier molecular flexibility index (Phi) is 17.4. The van der Waals surface area contributed by atoms with Gasteiger partial charge >= 0.3 is 0 Å². The van der Waals surface area contributed by atoms with Crippen molar-refractivity contribution in [3.63, 3.8) is 0 Å². The Morgan fingerprint density at radius 2 is 1.34 bits per heavy atom. The fourth-order valence-corrected chi connectivity index (χ4v) is 8.36. The SMILES string of the molecule is CN[C@@H](Cc1ccccc1)C(=O)N[C@@H](CCCCN)C(=O)N1CCC[C@H]1C(=O)N(C(=O)[C@H](N)CC1CCCCC1)[C@@H](Cc1ccccc1)C(=O)NCc1ccccc1. The highest BCUT2D eigenvalue weighted by molar-refractivity contribution is 6.05. The second kappa shape index (κ2) is 22.9. The number of likely N-dealkylation sites (N-methyl/N-ethyl adjacent to an activating group) is 1. The molecule has 1 heterocycles. The van der Waals surface area contributed by atoms with Crippen LogP contribution in [0.1, 0.15) is 87.3 Å². The Bertz CT molecular complexity index is 1760. The zero-order chi connectivity index (χ0) is 41.3. The normalized spacial score (nSPS) is 17.8. The van der Waals surface area contributed by atoms with E-state index in [0.717, 1.165) is 53.7 Å². The summed E-state index contributed by atoms with van der Waals surface area (Å²) in [5, 5.41) is 9.07. The summed E-state index contributed by atoms with van der Waals surface area (Å²) in [6, 6.07) is 23.6. The maximum absolute atomic E-state index is 15.1. The first-order valence-electron chi connectivity index (χ1n) is 21.2. The summed E-state index contributed by atoms with van der Waals surface area (Å²) in [5.74, 6) is -2.22. The van der Waals surface area contributed by atoms with Gasteiger partial charge in [-0.05, 0) is 81.1 Å². The number of benzene rings is 3. The molecule has 5 atom stereocenters. The van der Waals surface area contributed by atoms with Crippen LogP contribution in [0.4, 0.5) is 0 Å². The molecular formula is C46H63N7O5. The average Bonchev–Trinajstić information content (AvgIpc) is 3.75. The number of nitrogens with zero attached hydrogens (tertiary/aromatic N) is 2. The van der Waals surface area contributed by atoms with Gasteiger partial charge in [-0.15, -0.1) is 0 Å². The van der Waals surface area contributed by atoms with Gasteiger partial charge in [0.25, 0.3) is 5.91 Å². The first kappa shape index (κ1) is 44.2. The van der Waals surface area contributed by atoms with Gasteiger partial charge in [0.05, 0.1) is 12.1 Å². The third kappa shape index (κ3) is 12.5. The van der Waals surface area contributed by atoms with Crippen molar-refractivity contribution in [3.05, 3.63) is 108 Å². The molecule has 0 bridgehead atoms. The molecule has 1 aliphatic carbocycles. The minimum atomic E-state index is -1.23. The molecule has 1 saturated heterocycles. The predicted octanol–water partition coefficient (Wildman–Crippen LogP) is 4.00. The lowest BCUT2D eigenvalue weighted by atomic mass is 9.84. The quantitative estimate of drug-likeness (QED) is 0.107. The van der Waals surface area contributed by atoms with Gasteiger partial charge in [0.1, 0.15) is 18.1 Å². The first-order chi connectivity index (χ1) is 28.2. The number of likely N-dealkylation sites (tertiary alicyclic amines) is 1. The number of carbonyl (C=O) groups excluding carboxylic acids is 5. The lowest BCUT2D eigenvalue weighted by molar-refractivity contribution is -0.158. The Morgan fingerprint density at radius 3 is 1.95 bits per heavy atom. The van der Waals surface area contributed by atoms with Gasteiger partial charge in [0.2, 0.25) is 23.6 Å². The minimum absolute atomic E-state index is 0.0698. The summed E-state index contributed by atoms with van der Waals surface area (Å²) < 4.78 is 0. The van der Waals surface area contributed by atoms with Crippen molar-refractivity contribution in [2.24, 2.45) is 17.4 Å². The number of rotatable bonds is 20. The molecule has 12 nitrogen and oxygen atoms in total. The van der Waals surface area contributed by atoms with Crippen molar-refractivity contribution in [2.75, 3.05) is 20.1 Å². The number of unbranched alkanes of at least 4 members (excludes halogenated alkanes) is 1. The van der Waals surface area contributed by atoms with E-state index in [-0.39, 0.29) is 31.3 Å². The lowest BCUT2D eigenvalue weighted by Gasteiger charge is -2.37. The number of amides is 5. The van der Waals surface area contributed by atoms with Crippen molar-refractivity contribution < 1.29 is 24.0 Å². The molecule has 0 spiro atoms. The van der Waals surface area contributed by atoms with Crippen LogP contribution in [0.15, 0.2) is 91.0 Å². The summed E-state index contributed by atoms with van der Waals surface area (Å²) in [4.78, 5) is 75.2. The fourth-order valence-electron chi connectivity index (χ4n) is 8.36. The molecule has 1 saturated carbocycles. The van der Waals surface area contributed by atoms with Gasteiger partial charge in [-0.2, -0.15) is 0 Å². The van der Waals surface area contributed by atoms with Crippen molar-refractivity contribution >= 4 is 29.5 Å². The number of nitrogens with two attached hydrogens (primary N) is 2. The van der Waals surface area contributed by atoms with E-state index >= 15 is 4.79 Å². The van der Waals surface area contributed by atoms with Gasteiger partial charge in [-0.25, -0.2) is 0 Å². The summed E-state index contributed by atoms with van der Waals surface area (Å²) in [6.45, 7) is 0.892. The number of hydrogen-bond donors (Lipinski definition) is 5. The molecule has 0 unspecified atom stereocenters. The maximum atomic E-state index is 15.1. The molecule has 3 aromatic carbocycles. The highest BCUT2D eigenvalue weighted by atomic mass is 16.2. The Balaban J connectivity index is 1.44. The van der Waals surface area contributed by atoms with Crippen LogP contribution in [0.5, 0.6) is 0 Å². The van der Waals surface area contributed by atoms with Gasteiger partial charge in [-0.1, -0.05) is 123 Å². The third-order valence-electron chi connectivity index (χ3n) is 11.6. The third-order valence-corrected chi connectivity index (χ3v) is 11.6. The van der Waals surface area contributed by atoms with E-state index in [2.05, 4.69) is 16.0 Å². The molecule has 2 fully saturated rings. The summed E-state index contributed by atoms with van der Waals surface area (Å²) in [7, 11) is 1.71. The average molecular weight is 794 g/mol. The van der Waals surface area contributed by atoms with Crippen LogP contribution in [-0.4, -0.2) is 89.7 Å². The van der Waals surface area contributed by atoms with Gasteiger partial charge in [-0.3, -0.25) is 28.9 Å². The summed E-state index contributed by atoms with van der Waals surface area (Å²) in [5.41, 5.74) is 15.2. The summed E-state index contributed by atoms with van der Waals surface area (Å²) >= 11 is 0. The minimum Gasteiger partial charge on any atom is -0.350 e. The van der Waals surface area contributed by atoms with E-state index in [1.54, 1.807) is 7.05 Å². The van der Waals surface area contributed by atoms with Crippen molar-refractivity contribution in [2.45, 2.75) is 120 Å². The number of hydrogen-bond acceptors (Lipinski definition) is 8. The van der Waals surface area contributed by atoms with Crippen molar-refractivity contribution in [3.8, 4) is 0 Å². The molecule has 3 aromatic rings. The van der Waals surface area contributed by atoms with Crippen LogP contribution in [0, 0.1) is 5.92 Å². The van der Waals surface area contributed by atoms with Crippen LogP contribution in [0.2, 0.25) is 0 Å². The molecule has 7 N–H and O–H groups in total.